The highest BCUT2D eigenvalue weighted by molar-refractivity contribution is 7.18. The lowest BCUT2D eigenvalue weighted by Gasteiger charge is -2.29. The number of thiophene rings is 1. The fourth-order valence-electron chi connectivity index (χ4n) is 2.15. The van der Waals surface area contributed by atoms with Crippen LogP contribution in [0.15, 0.2) is 12.4 Å². The van der Waals surface area contributed by atoms with Gasteiger partial charge in [0, 0.05) is 18.5 Å². The molecule has 2 N–H and O–H groups in total. The highest BCUT2D eigenvalue weighted by atomic mass is 32.1. The quantitative estimate of drug-likeness (QED) is 0.913. The Hall–Kier alpha value is -1.20. The summed E-state index contributed by atoms with van der Waals surface area (Å²) in [6, 6.07) is 2.21. The van der Waals surface area contributed by atoms with E-state index in [2.05, 4.69) is 48.8 Å². The van der Waals surface area contributed by atoms with Gasteiger partial charge >= 0.3 is 0 Å². The number of nitrogens with zero attached hydrogens (tertiary/aromatic N) is 3. The van der Waals surface area contributed by atoms with Gasteiger partial charge in [0.2, 0.25) is 0 Å². The molecule has 4 nitrogen and oxygen atoms in total. The smallest absolute Gasteiger partial charge is 0.140 e. The molecule has 0 saturated carbocycles. The molecule has 0 aliphatic rings. The third-order valence-corrected chi connectivity index (χ3v) is 4.47. The molecule has 5 heteroatoms. The molecule has 19 heavy (non-hydrogen) atoms. The van der Waals surface area contributed by atoms with Crippen LogP contribution in [0.25, 0.3) is 10.2 Å². The minimum atomic E-state index is 0.0790. The monoisotopic (exact) mass is 278 g/mol. The van der Waals surface area contributed by atoms with Crippen LogP contribution < -0.4 is 10.6 Å². The predicted molar refractivity (Wildman–Crippen MR) is 82.9 cm³/mol. The van der Waals surface area contributed by atoms with E-state index in [0.717, 1.165) is 29.0 Å². The van der Waals surface area contributed by atoms with Crippen molar-refractivity contribution in [1.29, 1.82) is 0 Å². The van der Waals surface area contributed by atoms with Crippen LogP contribution in [0.1, 0.15) is 25.6 Å². The third kappa shape index (κ3) is 3.04. The summed E-state index contributed by atoms with van der Waals surface area (Å²) in [5.41, 5.74) is 5.89. The third-order valence-electron chi connectivity index (χ3n) is 3.29. The molecule has 0 aliphatic heterocycles. The largest absolute Gasteiger partial charge is 0.358 e. The van der Waals surface area contributed by atoms with Crippen LogP contribution in [0, 0.1) is 5.41 Å². The maximum atomic E-state index is 5.81. The van der Waals surface area contributed by atoms with Gasteiger partial charge in [-0.3, -0.25) is 0 Å². The van der Waals surface area contributed by atoms with Crippen LogP contribution in [-0.2, 0) is 6.42 Å². The molecule has 2 aromatic heterocycles. The van der Waals surface area contributed by atoms with Crippen molar-refractivity contribution in [3.63, 3.8) is 0 Å². The SMILES string of the molecule is CCc1cc2c(N(C)CC(C)(C)CN)ncnc2s1. The maximum absolute atomic E-state index is 5.81. The Morgan fingerprint density at radius 1 is 1.37 bits per heavy atom. The lowest BCUT2D eigenvalue weighted by atomic mass is 9.93. The zero-order chi connectivity index (χ0) is 14.0. The molecule has 0 unspecified atom stereocenters. The van der Waals surface area contributed by atoms with Crippen molar-refractivity contribution in [2.45, 2.75) is 27.2 Å². The first-order valence-electron chi connectivity index (χ1n) is 6.61. The average Bonchev–Trinajstić information content (AvgIpc) is 2.80. The van der Waals surface area contributed by atoms with Crippen molar-refractivity contribution in [3.8, 4) is 0 Å². The fraction of sp³-hybridized carbons (Fsp3) is 0.571. The molecule has 2 heterocycles. The minimum absolute atomic E-state index is 0.0790. The van der Waals surface area contributed by atoms with Gasteiger partial charge in [-0.1, -0.05) is 20.8 Å². The van der Waals surface area contributed by atoms with Crippen molar-refractivity contribution in [2.75, 3.05) is 25.0 Å². The van der Waals surface area contributed by atoms with E-state index in [-0.39, 0.29) is 5.41 Å². The van der Waals surface area contributed by atoms with Crippen LogP contribution in [0.3, 0.4) is 0 Å². The topological polar surface area (TPSA) is 55.0 Å². The molecular formula is C14H22N4S. The molecule has 0 aliphatic carbocycles. The van der Waals surface area contributed by atoms with Gasteiger partial charge in [0.05, 0.1) is 5.39 Å². The first-order chi connectivity index (χ1) is 8.96. The van der Waals surface area contributed by atoms with Crippen molar-refractivity contribution in [2.24, 2.45) is 11.1 Å². The summed E-state index contributed by atoms with van der Waals surface area (Å²) in [5, 5.41) is 1.15. The number of aromatic nitrogens is 2. The summed E-state index contributed by atoms with van der Waals surface area (Å²) in [7, 11) is 2.07. The Kier molecular flexibility index (Phi) is 4.06. The second-order valence-electron chi connectivity index (χ2n) is 5.71. The molecule has 2 rings (SSSR count). The molecule has 0 aromatic carbocycles. The summed E-state index contributed by atoms with van der Waals surface area (Å²) in [6.45, 7) is 8.06. The minimum Gasteiger partial charge on any atom is -0.358 e. The second-order valence-corrected chi connectivity index (χ2v) is 6.82. The van der Waals surface area contributed by atoms with Crippen LogP contribution >= 0.6 is 11.3 Å². The van der Waals surface area contributed by atoms with Crippen LogP contribution in [-0.4, -0.2) is 30.1 Å². The molecule has 0 bridgehead atoms. The average molecular weight is 278 g/mol. The summed E-state index contributed by atoms with van der Waals surface area (Å²) in [4.78, 5) is 13.4. The first-order valence-corrected chi connectivity index (χ1v) is 7.43. The van der Waals surface area contributed by atoms with Crippen LogP contribution in [0.5, 0.6) is 0 Å². The summed E-state index contributed by atoms with van der Waals surface area (Å²) in [6.07, 6.45) is 2.69. The molecule has 2 aromatic rings. The first kappa shape index (κ1) is 14.2. The van der Waals surface area contributed by atoms with Crippen molar-refractivity contribution in [3.05, 3.63) is 17.3 Å². The molecule has 0 saturated heterocycles. The highest BCUT2D eigenvalue weighted by Gasteiger charge is 2.20. The summed E-state index contributed by atoms with van der Waals surface area (Å²) >= 11 is 1.75. The van der Waals surface area contributed by atoms with Crippen LogP contribution in [0.4, 0.5) is 5.82 Å². The van der Waals surface area contributed by atoms with Gasteiger partial charge < -0.3 is 10.6 Å². The Morgan fingerprint density at radius 3 is 2.74 bits per heavy atom. The van der Waals surface area contributed by atoms with E-state index in [4.69, 9.17) is 5.73 Å². The van der Waals surface area contributed by atoms with Gasteiger partial charge in [0.1, 0.15) is 17.0 Å². The van der Waals surface area contributed by atoms with Crippen molar-refractivity contribution in [1.82, 2.24) is 9.97 Å². The van der Waals surface area contributed by atoms with Gasteiger partial charge in [-0.05, 0) is 24.4 Å². The van der Waals surface area contributed by atoms with E-state index in [1.807, 2.05) is 0 Å². The van der Waals surface area contributed by atoms with Gasteiger partial charge in [-0.25, -0.2) is 9.97 Å². The van der Waals surface area contributed by atoms with Gasteiger partial charge in [-0.15, -0.1) is 11.3 Å². The molecule has 0 radical (unpaired) electrons. The lowest BCUT2D eigenvalue weighted by Crippen LogP contribution is -2.37. The van der Waals surface area contributed by atoms with Gasteiger partial charge in [-0.2, -0.15) is 0 Å². The number of rotatable bonds is 5. The lowest BCUT2D eigenvalue weighted by molar-refractivity contribution is 0.384. The standard InChI is InChI=1S/C14H22N4S/c1-5-10-6-11-12(16-9-17-13(11)19-10)18(4)8-14(2,3)7-15/h6,9H,5,7-8,15H2,1-4H3. The van der Waals surface area contributed by atoms with Gasteiger partial charge in [0.25, 0.3) is 0 Å². The zero-order valence-electron chi connectivity index (χ0n) is 12.1. The van der Waals surface area contributed by atoms with Crippen molar-refractivity contribution >= 4 is 27.4 Å². The molecule has 0 spiro atoms. The maximum Gasteiger partial charge on any atom is 0.140 e. The number of nitrogens with two attached hydrogens (primary N) is 1. The molecule has 104 valence electrons. The Bertz CT molecular complexity index is 562. The number of hydrogen-bond acceptors (Lipinski definition) is 5. The van der Waals surface area contributed by atoms with E-state index < -0.39 is 0 Å². The molecule has 0 atom stereocenters. The number of fused-ring (bicyclic) bond motifs is 1. The van der Waals surface area contributed by atoms with E-state index in [1.165, 1.54) is 4.88 Å². The van der Waals surface area contributed by atoms with E-state index in [9.17, 15) is 0 Å². The summed E-state index contributed by atoms with van der Waals surface area (Å²) in [5.74, 6) is 1.00. The van der Waals surface area contributed by atoms with Crippen LogP contribution in [0.2, 0.25) is 0 Å². The zero-order valence-corrected chi connectivity index (χ0v) is 12.9. The number of aryl methyl sites for hydroxylation is 1. The van der Waals surface area contributed by atoms with Gasteiger partial charge in [0.15, 0.2) is 0 Å². The number of hydrogen-bond donors (Lipinski definition) is 1. The Morgan fingerprint density at radius 2 is 2.11 bits per heavy atom. The van der Waals surface area contributed by atoms with E-state index in [1.54, 1.807) is 17.7 Å². The van der Waals surface area contributed by atoms with E-state index >= 15 is 0 Å². The number of anilines is 1. The second kappa shape index (κ2) is 5.43. The molecule has 0 amide bonds. The normalized spacial score (nSPS) is 12.1. The Balaban J connectivity index is 2.36. The summed E-state index contributed by atoms with van der Waals surface area (Å²) < 4.78 is 0. The highest BCUT2D eigenvalue weighted by Crippen LogP contribution is 2.31. The fourth-order valence-corrected chi connectivity index (χ4v) is 3.08. The van der Waals surface area contributed by atoms with Crippen molar-refractivity contribution < 1.29 is 0 Å². The molecule has 0 fully saturated rings. The predicted octanol–water partition coefficient (Wildman–Crippen LogP) is 2.67. The molecular weight excluding hydrogens is 256 g/mol. The Labute approximate surface area is 118 Å². The van der Waals surface area contributed by atoms with E-state index in [0.29, 0.717) is 6.54 Å².